The molecule has 2 aliphatic heterocycles. The Balaban J connectivity index is 1.62. The van der Waals surface area contributed by atoms with E-state index in [0.29, 0.717) is 35.3 Å². The van der Waals surface area contributed by atoms with Crippen molar-refractivity contribution in [1.82, 2.24) is 5.32 Å². The minimum absolute atomic E-state index is 0.143. The molecule has 3 amide bonds. The van der Waals surface area contributed by atoms with Crippen molar-refractivity contribution in [3.63, 3.8) is 0 Å². The van der Waals surface area contributed by atoms with Gasteiger partial charge in [0, 0.05) is 33.9 Å². The van der Waals surface area contributed by atoms with Crippen molar-refractivity contribution in [1.29, 1.82) is 0 Å². The van der Waals surface area contributed by atoms with E-state index in [1.165, 1.54) is 0 Å². The number of carbonyl (C=O) groups excluding carboxylic acids is 4. The molecule has 1 spiro atoms. The third-order valence-electron chi connectivity index (χ3n) is 6.21. The van der Waals surface area contributed by atoms with Gasteiger partial charge in [0.25, 0.3) is 0 Å². The number of fused-ring (bicyclic) bond motifs is 2. The molecule has 0 bridgehead atoms. The molecule has 5 N–H and O–H groups in total. The summed E-state index contributed by atoms with van der Waals surface area (Å²) in [6.07, 6.45) is 0.898. The first-order valence-corrected chi connectivity index (χ1v) is 11.8. The van der Waals surface area contributed by atoms with Gasteiger partial charge in [-0.1, -0.05) is 15.9 Å². The molecule has 2 aromatic carbocycles. The van der Waals surface area contributed by atoms with Crippen LogP contribution in [0.1, 0.15) is 42.1 Å². The highest BCUT2D eigenvalue weighted by molar-refractivity contribution is 9.10. The fraction of sp³-hybridized carbons (Fsp3) is 0.333. The smallest absolute Gasteiger partial charge is 0.338 e. The molecule has 2 aliphatic rings. The fourth-order valence-corrected chi connectivity index (χ4v) is 5.03. The first-order valence-electron chi connectivity index (χ1n) is 11.0. The molecular formula is C24H25BrN4O5. The molecular weight excluding hydrogens is 504 g/mol. The second-order valence-electron chi connectivity index (χ2n) is 8.37. The monoisotopic (exact) mass is 528 g/mol. The molecule has 0 aromatic heterocycles. The summed E-state index contributed by atoms with van der Waals surface area (Å²) in [6, 6.07) is 11.5. The third kappa shape index (κ3) is 4.43. The minimum Gasteiger partial charge on any atom is -0.462 e. The first kappa shape index (κ1) is 23.9. The number of nitrogens with two attached hydrogens (primary N) is 1. The molecule has 2 heterocycles. The highest BCUT2D eigenvalue weighted by Gasteiger charge is 2.60. The number of nitrogens with one attached hydrogen (secondary N) is 3. The molecule has 2 aromatic rings. The van der Waals surface area contributed by atoms with E-state index in [9.17, 15) is 19.2 Å². The van der Waals surface area contributed by atoms with Crippen LogP contribution in [0.25, 0.3) is 0 Å². The Kier molecular flexibility index (Phi) is 6.72. The van der Waals surface area contributed by atoms with Crippen LogP contribution in [0.3, 0.4) is 0 Å². The second kappa shape index (κ2) is 9.55. The summed E-state index contributed by atoms with van der Waals surface area (Å²) < 4.78 is 5.76. The summed E-state index contributed by atoms with van der Waals surface area (Å²) in [4.78, 5) is 50.0. The quantitative estimate of drug-likeness (QED) is 0.407. The second-order valence-corrected chi connectivity index (χ2v) is 9.29. The predicted molar refractivity (Wildman–Crippen MR) is 129 cm³/mol. The number of amides is 3. The Hall–Kier alpha value is -3.24. The normalized spacial score (nSPS) is 22.8. The van der Waals surface area contributed by atoms with Crippen molar-refractivity contribution in [2.45, 2.75) is 37.8 Å². The van der Waals surface area contributed by atoms with E-state index < -0.39 is 23.3 Å². The SMILES string of the molecule is CCOC(=O)c1ccc(NC(=O)C2CC(CCC(N)=O)NC23C(=O)Nc2ccc(Br)cc23)cc1. The summed E-state index contributed by atoms with van der Waals surface area (Å²) in [5, 5.41) is 9.10. The fourth-order valence-electron chi connectivity index (χ4n) is 4.67. The van der Waals surface area contributed by atoms with Gasteiger partial charge in [-0.3, -0.25) is 19.7 Å². The van der Waals surface area contributed by atoms with Gasteiger partial charge in [-0.15, -0.1) is 0 Å². The van der Waals surface area contributed by atoms with Gasteiger partial charge in [-0.2, -0.15) is 0 Å². The van der Waals surface area contributed by atoms with E-state index in [0.717, 1.165) is 4.47 Å². The number of halogens is 1. The van der Waals surface area contributed by atoms with Gasteiger partial charge in [-0.25, -0.2) is 4.79 Å². The highest BCUT2D eigenvalue weighted by atomic mass is 79.9. The Morgan fingerprint density at radius 3 is 2.62 bits per heavy atom. The number of anilines is 2. The van der Waals surface area contributed by atoms with Crippen LogP contribution in [0.15, 0.2) is 46.9 Å². The summed E-state index contributed by atoms with van der Waals surface area (Å²) in [7, 11) is 0. The number of primary amides is 1. The van der Waals surface area contributed by atoms with Crippen LogP contribution >= 0.6 is 15.9 Å². The van der Waals surface area contributed by atoms with E-state index in [2.05, 4.69) is 31.9 Å². The number of ether oxygens (including phenoxy) is 1. The number of hydrogen-bond acceptors (Lipinski definition) is 6. The van der Waals surface area contributed by atoms with Gasteiger partial charge in [0.2, 0.25) is 17.7 Å². The van der Waals surface area contributed by atoms with Gasteiger partial charge in [0.1, 0.15) is 5.54 Å². The molecule has 0 saturated carbocycles. The summed E-state index contributed by atoms with van der Waals surface area (Å²) in [6.45, 7) is 2.00. The van der Waals surface area contributed by atoms with Crippen molar-refractivity contribution < 1.29 is 23.9 Å². The van der Waals surface area contributed by atoms with Crippen LogP contribution in [0.5, 0.6) is 0 Å². The average molecular weight is 529 g/mol. The lowest BCUT2D eigenvalue weighted by molar-refractivity contribution is -0.130. The van der Waals surface area contributed by atoms with Crippen molar-refractivity contribution in [2.75, 3.05) is 17.2 Å². The Morgan fingerprint density at radius 1 is 1.21 bits per heavy atom. The number of rotatable bonds is 7. The number of hydrogen-bond donors (Lipinski definition) is 4. The predicted octanol–water partition coefficient (Wildman–Crippen LogP) is 2.66. The van der Waals surface area contributed by atoms with Gasteiger partial charge in [-0.05, 0) is 62.2 Å². The maximum atomic E-state index is 13.5. The summed E-state index contributed by atoms with van der Waals surface area (Å²) >= 11 is 3.45. The topological polar surface area (TPSA) is 140 Å². The largest absolute Gasteiger partial charge is 0.462 e. The molecule has 1 saturated heterocycles. The van der Waals surface area contributed by atoms with Gasteiger partial charge in [0.05, 0.1) is 18.1 Å². The molecule has 3 unspecified atom stereocenters. The average Bonchev–Trinajstić information content (AvgIpc) is 3.32. The van der Waals surface area contributed by atoms with E-state index in [1.54, 1.807) is 37.3 Å². The highest BCUT2D eigenvalue weighted by Crippen LogP contribution is 2.48. The van der Waals surface area contributed by atoms with Crippen molar-refractivity contribution in [2.24, 2.45) is 11.7 Å². The van der Waals surface area contributed by atoms with Crippen LogP contribution in [0, 0.1) is 5.92 Å². The number of carbonyl (C=O) groups is 4. The number of esters is 1. The summed E-state index contributed by atoms with van der Waals surface area (Å²) in [5.74, 6) is -2.29. The maximum Gasteiger partial charge on any atom is 0.338 e. The van der Waals surface area contributed by atoms with Gasteiger partial charge >= 0.3 is 5.97 Å². The molecule has 0 aliphatic carbocycles. The lowest BCUT2D eigenvalue weighted by Crippen LogP contribution is -2.52. The molecule has 10 heteroatoms. The van der Waals surface area contributed by atoms with E-state index >= 15 is 0 Å². The standard InChI is InChI=1S/C24H25BrN4O5/c1-2-34-22(32)13-3-6-15(7-4-13)27-21(31)18-12-16(8-10-20(26)30)29-24(18)17-11-14(25)5-9-19(17)28-23(24)33/h3-7,9,11,16,18,29H,2,8,10,12H2,1H3,(H2,26,30)(H,27,31)(H,28,33). The zero-order valence-electron chi connectivity index (χ0n) is 18.5. The first-order chi connectivity index (χ1) is 16.2. The molecule has 1 fully saturated rings. The van der Waals surface area contributed by atoms with Gasteiger partial charge < -0.3 is 21.1 Å². The van der Waals surface area contributed by atoms with Crippen LogP contribution in [0.2, 0.25) is 0 Å². The third-order valence-corrected chi connectivity index (χ3v) is 6.70. The van der Waals surface area contributed by atoms with Crippen LogP contribution < -0.4 is 21.7 Å². The summed E-state index contributed by atoms with van der Waals surface area (Å²) in [5.41, 5.74) is 6.21. The number of benzene rings is 2. The Labute approximate surface area is 204 Å². The van der Waals surface area contributed by atoms with E-state index in [4.69, 9.17) is 10.5 Å². The molecule has 9 nitrogen and oxygen atoms in total. The molecule has 34 heavy (non-hydrogen) atoms. The van der Waals surface area contributed by atoms with Crippen LogP contribution in [0.4, 0.5) is 11.4 Å². The molecule has 178 valence electrons. The van der Waals surface area contributed by atoms with Crippen molar-refractivity contribution >= 4 is 51.0 Å². The van der Waals surface area contributed by atoms with E-state index in [-0.39, 0.29) is 30.9 Å². The van der Waals surface area contributed by atoms with Gasteiger partial charge in [0.15, 0.2) is 0 Å². The maximum absolute atomic E-state index is 13.5. The Bertz CT molecular complexity index is 1150. The van der Waals surface area contributed by atoms with E-state index in [1.807, 2.05) is 12.1 Å². The lowest BCUT2D eigenvalue weighted by atomic mass is 9.79. The molecule has 4 rings (SSSR count). The molecule has 0 radical (unpaired) electrons. The van der Waals surface area contributed by atoms with Crippen molar-refractivity contribution in [3.8, 4) is 0 Å². The minimum atomic E-state index is -1.28. The van der Waals surface area contributed by atoms with Crippen LogP contribution in [-0.4, -0.2) is 36.3 Å². The van der Waals surface area contributed by atoms with Crippen LogP contribution in [-0.2, 0) is 24.7 Å². The zero-order valence-corrected chi connectivity index (χ0v) is 20.1. The molecule has 3 atom stereocenters. The van der Waals surface area contributed by atoms with Crippen molar-refractivity contribution in [3.05, 3.63) is 58.1 Å². The zero-order chi connectivity index (χ0) is 24.5. The lowest BCUT2D eigenvalue weighted by Gasteiger charge is -2.29. The Morgan fingerprint density at radius 2 is 1.94 bits per heavy atom.